The number of benzene rings is 2. The van der Waals surface area contributed by atoms with Crippen LogP contribution >= 0.6 is 0 Å². The lowest BCUT2D eigenvalue weighted by molar-refractivity contribution is 0.0994. The molecule has 0 atom stereocenters. The third-order valence-corrected chi connectivity index (χ3v) is 5.10. The normalized spacial score (nSPS) is 12.9. The average Bonchev–Trinajstić information content (AvgIpc) is 2.79. The highest BCUT2D eigenvalue weighted by molar-refractivity contribution is 6.25. The minimum atomic E-state index is -0.379. The van der Waals surface area contributed by atoms with Crippen LogP contribution in [0, 0.1) is 0 Å². The SMILES string of the molecule is O=C1C=CC(=O)c2cc3c(NCCNCCO)c(O)c(O)c(NCCNCCO)c3cc21. The summed E-state index contributed by atoms with van der Waals surface area (Å²) in [5.74, 6) is -1.38. The minimum absolute atomic E-state index is 0.00169. The van der Waals surface area contributed by atoms with Crippen molar-refractivity contribution in [3.05, 3.63) is 35.4 Å². The molecule has 172 valence electrons. The standard InChI is InChI=1S/C22H28N4O6/c27-9-7-23-3-5-25-19-15-11-13-14(18(30)2-1-17(13)29)12-16(15)20(22(32)21(19)31)26-6-4-24-8-10-28/h1-2,11-12,23-28,31-32H,3-10H2. The second-order valence-corrected chi connectivity index (χ2v) is 7.25. The van der Waals surface area contributed by atoms with E-state index in [0.717, 1.165) is 0 Å². The van der Waals surface area contributed by atoms with Crippen molar-refractivity contribution < 1.29 is 30.0 Å². The maximum atomic E-state index is 12.4. The molecule has 3 rings (SSSR count). The number of rotatable bonds is 12. The lowest BCUT2D eigenvalue weighted by Gasteiger charge is -2.20. The van der Waals surface area contributed by atoms with Crippen molar-refractivity contribution >= 4 is 33.7 Å². The molecule has 10 heteroatoms. The van der Waals surface area contributed by atoms with Crippen molar-refractivity contribution in [2.75, 3.05) is 63.1 Å². The zero-order chi connectivity index (χ0) is 23.1. The Morgan fingerprint density at radius 1 is 0.625 bits per heavy atom. The summed E-state index contributed by atoms with van der Waals surface area (Å²) in [6, 6.07) is 3.10. The second-order valence-electron chi connectivity index (χ2n) is 7.25. The molecular formula is C22H28N4O6. The molecule has 2 aromatic carbocycles. The molecule has 0 spiro atoms. The van der Waals surface area contributed by atoms with E-state index in [9.17, 15) is 19.8 Å². The summed E-state index contributed by atoms with van der Waals surface area (Å²) in [6.45, 7) is 2.57. The monoisotopic (exact) mass is 444 g/mol. The zero-order valence-electron chi connectivity index (χ0n) is 17.6. The smallest absolute Gasteiger partial charge is 0.186 e. The molecule has 0 saturated heterocycles. The number of phenols is 2. The van der Waals surface area contributed by atoms with Gasteiger partial charge in [-0.1, -0.05) is 0 Å². The molecular weight excluding hydrogens is 416 g/mol. The summed E-state index contributed by atoms with van der Waals surface area (Å²) in [5.41, 5.74) is 0.939. The van der Waals surface area contributed by atoms with Gasteiger partial charge >= 0.3 is 0 Å². The number of ketones is 2. The van der Waals surface area contributed by atoms with Gasteiger partial charge in [-0.25, -0.2) is 0 Å². The Labute approximate surface area is 184 Å². The molecule has 0 heterocycles. The molecule has 2 aromatic rings. The lowest BCUT2D eigenvalue weighted by Crippen LogP contribution is -2.25. The van der Waals surface area contributed by atoms with Crippen LogP contribution in [-0.4, -0.2) is 84.5 Å². The van der Waals surface area contributed by atoms with Crippen LogP contribution in [0.5, 0.6) is 11.5 Å². The topological polar surface area (TPSA) is 163 Å². The van der Waals surface area contributed by atoms with Crippen LogP contribution in [0.3, 0.4) is 0 Å². The molecule has 0 saturated carbocycles. The summed E-state index contributed by atoms with van der Waals surface area (Å²) in [4.78, 5) is 24.8. The van der Waals surface area contributed by atoms with Crippen molar-refractivity contribution in [3.8, 4) is 11.5 Å². The van der Waals surface area contributed by atoms with E-state index in [2.05, 4.69) is 21.3 Å². The van der Waals surface area contributed by atoms with Gasteiger partial charge in [0.05, 0.1) is 24.6 Å². The molecule has 0 aromatic heterocycles. The number of aliphatic hydroxyl groups is 2. The first-order valence-electron chi connectivity index (χ1n) is 10.4. The van der Waals surface area contributed by atoms with Gasteiger partial charge in [0.15, 0.2) is 23.1 Å². The van der Waals surface area contributed by atoms with Gasteiger partial charge in [-0.15, -0.1) is 0 Å². The summed E-state index contributed by atoms with van der Waals surface area (Å²) in [6.07, 6.45) is 2.43. The summed E-state index contributed by atoms with van der Waals surface area (Å²) in [7, 11) is 0. The molecule has 1 aliphatic rings. The van der Waals surface area contributed by atoms with E-state index in [-0.39, 0.29) is 58.8 Å². The van der Waals surface area contributed by atoms with Gasteiger partial charge in [-0.2, -0.15) is 0 Å². The molecule has 0 amide bonds. The van der Waals surface area contributed by atoms with Crippen LogP contribution in [0.15, 0.2) is 24.3 Å². The Hall–Kier alpha value is -3.18. The number of aromatic hydroxyl groups is 2. The Balaban J connectivity index is 2.03. The number of carbonyl (C=O) groups is 2. The van der Waals surface area contributed by atoms with E-state index in [1.165, 1.54) is 12.2 Å². The van der Waals surface area contributed by atoms with Gasteiger partial charge in [-0.05, 0) is 24.3 Å². The fourth-order valence-corrected chi connectivity index (χ4v) is 3.56. The van der Waals surface area contributed by atoms with E-state index in [1.54, 1.807) is 12.1 Å². The fourth-order valence-electron chi connectivity index (χ4n) is 3.56. The van der Waals surface area contributed by atoms with Crippen molar-refractivity contribution in [2.45, 2.75) is 0 Å². The van der Waals surface area contributed by atoms with Gasteiger partial charge in [-0.3, -0.25) is 9.59 Å². The van der Waals surface area contributed by atoms with Crippen LogP contribution in [0.25, 0.3) is 10.8 Å². The molecule has 1 aliphatic carbocycles. The van der Waals surface area contributed by atoms with Crippen LogP contribution in [0.2, 0.25) is 0 Å². The van der Waals surface area contributed by atoms with E-state index < -0.39 is 0 Å². The van der Waals surface area contributed by atoms with Gasteiger partial charge in [0.2, 0.25) is 0 Å². The van der Waals surface area contributed by atoms with E-state index in [0.29, 0.717) is 50.0 Å². The van der Waals surface area contributed by atoms with Crippen LogP contribution in [0.1, 0.15) is 20.7 Å². The first kappa shape index (κ1) is 23.5. The number of anilines is 2. The first-order valence-corrected chi connectivity index (χ1v) is 10.4. The Morgan fingerprint density at radius 3 is 1.41 bits per heavy atom. The Morgan fingerprint density at radius 2 is 1.03 bits per heavy atom. The molecule has 0 fully saturated rings. The quantitative estimate of drug-likeness (QED) is 0.167. The molecule has 10 nitrogen and oxygen atoms in total. The largest absolute Gasteiger partial charge is 0.503 e. The number of nitrogens with one attached hydrogen (secondary N) is 4. The average molecular weight is 444 g/mol. The van der Waals surface area contributed by atoms with Crippen molar-refractivity contribution in [1.29, 1.82) is 0 Å². The van der Waals surface area contributed by atoms with Gasteiger partial charge in [0.25, 0.3) is 0 Å². The predicted octanol–water partition coefficient (Wildman–Crippen LogP) is 0.174. The molecule has 0 radical (unpaired) electrons. The summed E-state index contributed by atoms with van der Waals surface area (Å²) < 4.78 is 0. The number of hydrogen-bond donors (Lipinski definition) is 8. The zero-order valence-corrected chi connectivity index (χ0v) is 17.6. The number of fused-ring (bicyclic) bond motifs is 2. The number of phenolic OH excluding ortho intramolecular Hbond substituents is 2. The van der Waals surface area contributed by atoms with Gasteiger partial charge in [0, 0.05) is 61.2 Å². The Kier molecular flexibility index (Phi) is 8.01. The Bertz CT molecular complexity index is 957. The third kappa shape index (κ3) is 5.00. The first-order chi connectivity index (χ1) is 15.5. The molecule has 32 heavy (non-hydrogen) atoms. The van der Waals surface area contributed by atoms with Crippen LogP contribution in [0.4, 0.5) is 11.4 Å². The fraction of sp³-hybridized carbons (Fsp3) is 0.364. The highest BCUT2D eigenvalue weighted by atomic mass is 16.3. The third-order valence-electron chi connectivity index (χ3n) is 5.10. The minimum Gasteiger partial charge on any atom is -0.503 e. The molecule has 8 N–H and O–H groups in total. The van der Waals surface area contributed by atoms with E-state index in [1.807, 2.05) is 0 Å². The number of allylic oxidation sites excluding steroid dienone is 2. The number of carbonyl (C=O) groups excluding carboxylic acids is 2. The van der Waals surface area contributed by atoms with Gasteiger partial charge < -0.3 is 41.7 Å². The van der Waals surface area contributed by atoms with Crippen molar-refractivity contribution in [1.82, 2.24) is 10.6 Å². The molecule has 0 aliphatic heterocycles. The highest BCUT2D eigenvalue weighted by Crippen LogP contribution is 2.48. The van der Waals surface area contributed by atoms with E-state index >= 15 is 0 Å². The summed E-state index contributed by atoms with van der Waals surface area (Å²) in [5, 5.41) is 52.3. The second kappa shape index (κ2) is 10.9. The number of hydrogen-bond acceptors (Lipinski definition) is 10. The summed E-state index contributed by atoms with van der Waals surface area (Å²) >= 11 is 0. The van der Waals surface area contributed by atoms with Crippen molar-refractivity contribution in [3.63, 3.8) is 0 Å². The van der Waals surface area contributed by atoms with E-state index in [4.69, 9.17) is 10.2 Å². The number of aliphatic hydroxyl groups excluding tert-OH is 2. The predicted molar refractivity (Wildman–Crippen MR) is 122 cm³/mol. The lowest BCUT2D eigenvalue weighted by atomic mass is 9.90. The van der Waals surface area contributed by atoms with Gasteiger partial charge in [0.1, 0.15) is 0 Å². The van der Waals surface area contributed by atoms with Crippen LogP contribution < -0.4 is 21.3 Å². The highest BCUT2D eigenvalue weighted by Gasteiger charge is 2.25. The maximum Gasteiger partial charge on any atom is 0.186 e. The molecule has 0 unspecified atom stereocenters. The van der Waals surface area contributed by atoms with Crippen LogP contribution in [-0.2, 0) is 0 Å². The molecule has 0 bridgehead atoms. The maximum absolute atomic E-state index is 12.4. The van der Waals surface area contributed by atoms with Crippen molar-refractivity contribution in [2.24, 2.45) is 0 Å².